The topological polar surface area (TPSA) is 61.8 Å². The van der Waals surface area contributed by atoms with Crippen molar-refractivity contribution in [2.24, 2.45) is 11.3 Å². The van der Waals surface area contributed by atoms with E-state index in [4.69, 9.17) is 14.2 Å². The Balaban J connectivity index is 1.83. The molecule has 190 valence electrons. The van der Waals surface area contributed by atoms with Crippen LogP contribution >= 0.6 is 0 Å². The van der Waals surface area contributed by atoms with E-state index in [0.717, 1.165) is 16.9 Å². The first-order chi connectivity index (χ1) is 16.8. The third-order valence-electron chi connectivity index (χ3n) is 6.53. The molecule has 0 radical (unpaired) electrons. The van der Waals surface area contributed by atoms with Crippen LogP contribution in [0.1, 0.15) is 58.8 Å². The molecule has 0 heterocycles. The van der Waals surface area contributed by atoms with Gasteiger partial charge >= 0.3 is 5.97 Å². The molecular formula is C31H36O5. The average molecular weight is 489 g/mol. The number of benzene rings is 2. The van der Waals surface area contributed by atoms with Crippen molar-refractivity contribution >= 4 is 11.8 Å². The third kappa shape index (κ3) is 5.96. The molecule has 0 fully saturated rings. The van der Waals surface area contributed by atoms with Crippen LogP contribution in [0.3, 0.4) is 0 Å². The molecule has 0 amide bonds. The van der Waals surface area contributed by atoms with Crippen molar-refractivity contribution < 1.29 is 23.8 Å². The Kier molecular flexibility index (Phi) is 7.92. The average Bonchev–Trinajstić information content (AvgIpc) is 2.80. The fourth-order valence-corrected chi connectivity index (χ4v) is 4.36. The number of ether oxygens (including phenoxy) is 3. The highest BCUT2D eigenvalue weighted by molar-refractivity contribution is 6.04. The van der Waals surface area contributed by atoms with Crippen molar-refractivity contribution in [1.29, 1.82) is 0 Å². The minimum Gasteiger partial charge on any atom is -0.500 e. The molecule has 0 N–H and O–H groups in total. The molecule has 0 aliphatic heterocycles. The number of carbonyl (C=O) groups excluding carboxylic acids is 2. The van der Waals surface area contributed by atoms with E-state index in [0.29, 0.717) is 22.6 Å². The van der Waals surface area contributed by atoms with Gasteiger partial charge in [-0.15, -0.1) is 0 Å². The zero-order valence-electron chi connectivity index (χ0n) is 22.5. The second kappa shape index (κ2) is 10.6. The molecule has 0 spiro atoms. The highest BCUT2D eigenvalue weighted by Crippen LogP contribution is 2.48. The predicted octanol–water partition coefficient (Wildman–Crippen LogP) is 7.45. The maximum Gasteiger partial charge on any atom is 0.339 e. The van der Waals surface area contributed by atoms with E-state index in [9.17, 15) is 9.59 Å². The van der Waals surface area contributed by atoms with Crippen molar-refractivity contribution in [3.05, 3.63) is 94.8 Å². The summed E-state index contributed by atoms with van der Waals surface area (Å²) >= 11 is 0. The summed E-state index contributed by atoms with van der Waals surface area (Å²) in [6.07, 6.45) is 3.45. The van der Waals surface area contributed by atoms with E-state index in [-0.39, 0.29) is 17.7 Å². The number of ketones is 1. The number of para-hydroxylation sites is 1. The van der Waals surface area contributed by atoms with Crippen LogP contribution in [0, 0.1) is 11.3 Å². The lowest BCUT2D eigenvalue weighted by Crippen LogP contribution is -2.35. The Morgan fingerprint density at radius 1 is 0.917 bits per heavy atom. The molecule has 0 aromatic heterocycles. The Hall–Kier alpha value is -3.60. The van der Waals surface area contributed by atoms with Crippen LogP contribution in [-0.4, -0.2) is 24.5 Å². The SMILES string of the molecule is COC1=C(C)C(C(=O)OC(C)(C)C)=C(C)C(C)(C)C1C=CC(=O)c1ccc(Oc2ccccc2)cc1. The van der Waals surface area contributed by atoms with E-state index in [1.54, 1.807) is 37.5 Å². The molecule has 1 aliphatic carbocycles. The minimum atomic E-state index is -0.604. The number of methoxy groups -OCH3 is 1. The molecule has 0 saturated heterocycles. The summed E-state index contributed by atoms with van der Waals surface area (Å²) < 4.78 is 17.3. The molecule has 1 unspecified atom stereocenters. The van der Waals surface area contributed by atoms with Gasteiger partial charge in [-0.25, -0.2) is 4.79 Å². The minimum absolute atomic E-state index is 0.121. The van der Waals surface area contributed by atoms with Crippen molar-refractivity contribution in [3.63, 3.8) is 0 Å². The number of hydrogen-bond donors (Lipinski definition) is 0. The second-order valence-corrected chi connectivity index (χ2v) is 10.6. The van der Waals surface area contributed by atoms with Crippen LogP contribution in [0.25, 0.3) is 0 Å². The summed E-state index contributed by atoms with van der Waals surface area (Å²) in [5.41, 5.74) is 1.65. The van der Waals surface area contributed by atoms with Crippen molar-refractivity contribution in [1.82, 2.24) is 0 Å². The molecule has 2 aromatic rings. The smallest absolute Gasteiger partial charge is 0.339 e. The second-order valence-electron chi connectivity index (χ2n) is 10.6. The molecule has 5 heteroatoms. The van der Waals surface area contributed by atoms with Gasteiger partial charge in [0.05, 0.1) is 12.7 Å². The first kappa shape index (κ1) is 27.0. The molecule has 5 nitrogen and oxygen atoms in total. The van der Waals surface area contributed by atoms with Crippen LogP contribution in [0.2, 0.25) is 0 Å². The van der Waals surface area contributed by atoms with E-state index >= 15 is 0 Å². The fourth-order valence-electron chi connectivity index (χ4n) is 4.36. The number of hydrogen-bond acceptors (Lipinski definition) is 5. The largest absolute Gasteiger partial charge is 0.500 e. The zero-order chi connectivity index (χ0) is 26.7. The van der Waals surface area contributed by atoms with Crippen LogP contribution in [-0.2, 0) is 14.3 Å². The van der Waals surface area contributed by atoms with Gasteiger partial charge < -0.3 is 14.2 Å². The van der Waals surface area contributed by atoms with Crippen LogP contribution in [0.5, 0.6) is 11.5 Å². The number of carbonyl (C=O) groups is 2. The molecule has 1 aliphatic rings. The summed E-state index contributed by atoms with van der Waals surface area (Å²) in [6.45, 7) is 13.5. The van der Waals surface area contributed by atoms with Crippen molar-refractivity contribution in [2.45, 2.75) is 54.1 Å². The normalized spacial score (nSPS) is 17.8. The molecule has 0 bridgehead atoms. The Morgan fingerprint density at radius 2 is 1.50 bits per heavy atom. The highest BCUT2D eigenvalue weighted by Gasteiger charge is 2.42. The lowest BCUT2D eigenvalue weighted by Gasteiger charge is -2.40. The monoisotopic (exact) mass is 488 g/mol. The van der Waals surface area contributed by atoms with E-state index in [1.165, 1.54) is 0 Å². The van der Waals surface area contributed by atoms with Crippen LogP contribution < -0.4 is 4.74 Å². The summed E-state index contributed by atoms with van der Waals surface area (Å²) in [5.74, 6) is 1.34. The molecule has 1 atom stereocenters. The first-order valence-electron chi connectivity index (χ1n) is 12.1. The fraction of sp³-hybridized carbons (Fsp3) is 0.355. The number of rotatable bonds is 7. The molecule has 3 rings (SSSR count). The predicted molar refractivity (Wildman–Crippen MR) is 142 cm³/mol. The van der Waals surface area contributed by atoms with E-state index < -0.39 is 11.0 Å². The maximum atomic E-state index is 13.0. The first-order valence-corrected chi connectivity index (χ1v) is 12.1. The van der Waals surface area contributed by atoms with Gasteiger partial charge in [-0.3, -0.25) is 4.79 Å². The van der Waals surface area contributed by atoms with Crippen molar-refractivity contribution in [3.8, 4) is 11.5 Å². The summed E-state index contributed by atoms with van der Waals surface area (Å²) in [4.78, 5) is 26.0. The van der Waals surface area contributed by atoms with E-state index in [2.05, 4.69) is 0 Å². The quantitative estimate of drug-likeness (QED) is 0.230. The summed E-state index contributed by atoms with van der Waals surface area (Å²) in [5, 5.41) is 0. The van der Waals surface area contributed by atoms with Crippen LogP contribution in [0.4, 0.5) is 0 Å². The lowest BCUT2D eigenvalue weighted by molar-refractivity contribution is -0.149. The van der Waals surface area contributed by atoms with Gasteiger partial charge in [-0.05, 0) is 82.5 Å². The zero-order valence-corrected chi connectivity index (χ0v) is 22.5. The Bertz CT molecular complexity index is 1210. The molecular weight excluding hydrogens is 452 g/mol. The number of esters is 1. The maximum absolute atomic E-state index is 13.0. The summed E-state index contributed by atoms with van der Waals surface area (Å²) in [7, 11) is 1.59. The van der Waals surface area contributed by atoms with Crippen LogP contribution in [0.15, 0.2) is 89.2 Å². The summed E-state index contributed by atoms with van der Waals surface area (Å²) in [6, 6.07) is 16.6. The standard InChI is InChI=1S/C31H36O5/c1-20-27(29(33)36-30(3,4)5)21(2)31(6,7)25(28(20)34-8)18-19-26(32)22-14-16-24(17-15-22)35-23-12-10-9-11-13-23/h9-19,25H,1-8H3. The number of allylic oxidation sites excluding steroid dienone is 3. The Labute approximate surface area is 214 Å². The van der Waals surface area contributed by atoms with Gasteiger partial charge in [0.2, 0.25) is 0 Å². The Morgan fingerprint density at radius 3 is 2.06 bits per heavy atom. The molecule has 2 aromatic carbocycles. The molecule has 36 heavy (non-hydrogen) atoms. The lowest BCUT2D eigenvalue weighted by atomic mass is 9.66. The van der Waals surface area contributed by atoms with Gasteiger partial charge in [0.25, 0.3) is 0 Å². The van der Waals surface area contributed by atoms with Gasteiger partial charge in [-0.1, -0.05) is 43.7 Å². The van der Waals surface area contributed by atoms with E-state index in [1.807, 2.05) is 84.9 Å². The third-order valence-corrected chi connectivity index (χ3v) is 6.53. The van der Waals surface area contributed by atoms with Gasteiger partial charge in [0.15, 0.2) is 5.78 Å². The van der Waals surface area contributed by atoms with Gasteiger partial charge in [0.1, 0.15) is 22.9 Å². The molecule has 0 saturated carbocycles. The van der Waals surface area contributed by atoms with Gasteiger partial charge in [-0.2, -0.15) is 0 Å². The highest BCUT2D eigenvalue weighted by atomic mass is 16.6. The van der Waals surface area contributed by atoms with Crippen molar-refractivity contribution in [2.75, 3.05) is 7.11 Å². The van der Waals surface area contributed by atoms with Gasteiger partial charge in [0, 0.05) is 17.1 Å².